The molecule has 3 heteroatoms. The van der Waals surface area contributed by atoms with E-state index >= 15 is 0 Å². The van der Waals surface area contributed by atoms with E-state index in [1.807, 2.05) is 0 Å². The number of hydrogen-bond acceptors (Lipinski definition) is 3. The summed E-state index contributed by atoms with van der Waals surface area (Å²) in [5.74, 6) is 1.46. The number of ether oxygens (including phenoxy) is 1. The van der Waals surface area contributed by atoms with E-state index in [4.69, 9.17) is 4.74 Å². The van der Waals surface area contributed by atoms with Crippen molar-refractivity contribution in [2.24, 2.45) is 5.92 Å². The lowest BCUT2D eigenvalue weighted by atomic mass is 9.89. The van der Waals surface area contributed by atoms with Crippen molar-refractivity contribution in [2.45, 2.75) is 39.5 Å². The molecule has 3 nitrogen and oxygen atoms in total. The van der Waals surface area contributed by atoms with Crippen LogP contribution in [0.25, 0.3) is 5.57 Å². The quantitative estimate of drug-likeness (QED) is 0.802. The van der Waals surface area contributed by atoms with Gasteiger partial charge in [0.25, 0.3) is 0 Å². The highest BCUT2D eigenvalue weighted by atomic mass is 16.5. The van der Waals surface area contributed by atoms with Gasteiger partial charge in [-0.05, 0) is 43.2 Å². The van der Waals surface area contributed by atoms with Crippen molar-refractivity contribution in [3.63, 3.8) is 0 Å². The zero-order chi connectivity index (χ0) is 12.3. The van der Waals surface area contributed by atoms with Crippen molar-refractivity contribution in [1.82, 2.24) is 10.2 Å². The average Bonchev–Trinajstić information content (AvgIpc) is 2.39. The second-order valence-electron chi connectivity index (χ2n) is 4.73. The molecule has 1 unspecified atom stereocenters. The molecule has 0 aromatic carbocycles. The topological polar surface area (TPSA) is 35.0 Å². The van der Waals surface area contributed by atoms with Crippen LogP contribution in [0.2, 0.25) is 0 Å². The molecule has 0 bridgehead atoms. The van der Waals surface area contributed by atoms with E-state index in [9.17, 15) is 0 Å². The van der Waals surface area contributed by atoms with Crippen LogP contribution in [0.3, 0.4) is 0 Å². The Balaban J connectivity index is 2.27. The molecule has 1 aromatic heterocycles. The Morgan fingerprint density at radius 3 is 2.82 bits per heavy atom. The Kier molecular flexibility index (Phi) is 3.77. The molecular weight excluding hydrogens is 212 g/mol. The van der Waals surface area contributed by atoms with Gasteiger partial charge in [-0.2, -0.15) is 0 Å². The fraction of sp³-hybridized carbons (Fsp3) is 0.571. The van der Waals surface area contributed by atoms with Crippen molar-refractivity contribution in [3.05, 3.63) is 23.4 Å². The zero-order valence-corrected chi connectivity index (χ0v) is 10.9. The van der Waals surface area contributed by atoms with Crippen LogP contribution in [0.5, 0.6) is 5.88 Å². The Bertz CT molecular complexity index is 426. The van der Waals surface area contributed by atoms with Crippen LogP contribution < -0.4 is 4.74 Å². The van der Waals surface area contributed by atoms with Crippen LogP contribution in [-0.4, -0.2) is 17.3 Å². The molecule has 17 heavy (non-hydrogen) atoms. The lowest BCUT2D eigenvalue weighted by Crippen LogP contribution is -2.05. The van der Waals surface area contributed by atoms with Gasteiger partial charge in [0, 0.05) is 5.56 Å². The second kappa shape index (κ2) is 5.30. The molecule has 1 atom stereocenters. The van der Waals surface area contributed by atoms with Crippen LogP contribution in [0.15, 0.2) is 12.1 Å². The largest absolute Gasteiger partial charge is 0.480 e. The van der Waals surface area contributed by atoms with E-state index in [1.165, 1.54) is 12.0 Å². The summed E-state index contributed by atoms with van der Waals surface area (Å²) in [4.78, 5) is 0. The number of allylic oxidation sites excluding steroid dienone is 2. The van der Waals surface area contributed by atoms with Gasteiger partial charge in [-0.25, -0.2) is 0 Å². The maximum atomic E-state index is 5.20. The highest BCUT2D eigenvalue weighted by Gasteiger charge is 2.14. The third kappa shape index (κ3) is 2.65. The van der Waals surface area contributed by atoms with Crippen LogP contribution in [-0.2, 0) is 6.42 Å². The minimum atomic E-state index is 0.654. The fourth-order valence-corrected chi connectivity index (χ4v) is 2.20. The van der Waals surface area contributed by atoms with Crippen molar-refractivity contribution in [3.8, 4) is 5.88 Å². The van der Waals surface area contributed by atoms with Gasteiger partial charge >= 0.3 is 0 Å². The standard InChI is InChI=1S/C14H20N2O/c1-4-11-9-13(15-16-14(11)17-3)12-7-5-10(2)6-8-12/h7,9-10H,4-6,8H2,1-3H3. The molecule has 92 valence electrons. The van der Waals surface area contributed by atoms with Crippen molar-refractivity contribution >= 4 is 5.57 Å². The summed E-state index contributed by atoms with van der Waals surface area (Å²) in [6, 6.07) is 2.12. The molecule has 0 fully saturated rings. The molecule has 0 N–H and O–H groups in total. The smallest absolute Gasteiger partial charge is 0.236 e. The van der Waals surface area contributed by atoms with Crippen LogP contribution in [0, 0.1) is 5.92 Å². The molecule has 1 aliphatic rings. The van der Waals surface area contributed by atoms with E-state index in [0.717, 1.165) is 36.4 Å². The third-order valence-corrected chi connectivity index (χ3v) is 3.41. The molecule has 0 radical (unpaired) electrons. The summed E-state index contributed by atoms with van der Waals surface area (Å²) in [6.45, 7) is 4.41. The molecule has 2 rings (SSSR count). The molecular formula is C14H20N2O. The summed E-state index contributed by atoms with van der Waals surface area (Å²) < 4.78 is 5.20. The van der Waals surface area contributed by atoms with Gasteiger partial charge in [0.1, 0.15) is 0 Å². The number of hydrogen-bond donors (Lipinski definition) is 0. The number of aryl methyl sites for hydroxylation is 1. The highest BCUT2D eigenvalue weighted by Crippen LogP contribution is 2.30. The molecule has 1 aliphatic carbocycles. The Morgan fingerprint density at radius 2 is 2.24 bits per heavy atom. The molecule has 1 heterocycles. The van der Waals surface area contributed by atoms with E-state index in [1.54, 1.807) is 7.11 Å². The SMILES string of the molecule is CCc1cc(C2=CCC(C)CC2)nnc1OC. The highest BCUT2D eigenvalue weighted by molar-refractivity contribution is 5.63. The van der Waals surface area contributed by atoms with Crippen LogP contribution in [0.1, 0.15) is 44.4 Å². The molecule has 1 aromatic rings. The fourth-order valence-electron chi connectivity index (χ4n) is 2.20. The first-order chi connectivity index (χ1) is 8.24. The molecule has 0 aliphatic heterocycles. The molecule has 0 saturated heterocycles. The van der Waals surface area contributed by atoms with Crippen LogP contribution >= 0.6 is 0 Å². The predicted molar refractivity (Wildman–Crippen MR) is 69.0 cm³/mol. The average molecular weight is 232 g/mol. The first-order valence-electron chi connectivity index (χ1n) is 6.34. The van der Waals surface area contributed by atoms with Gasteiger partial charge in [-0.3, -0.25) is 0 Å². The molecule has 0 amide bonds. The number of nitrogens with zero attached hydrogens (tertiary/aromatic N) is 2. The summed E-state index contributed by atoms with van der Waals surface area (Å²) in [5.41, 5.74) is 3.50. The van der Waals surface area contributed by atoms with E-state index < -0.39 is 0 Å². The minimum absolute atomic E-state index is 0.654. The van der Waals surface area contributed by atoms with Crippen molar-refractivity contribution in [2.75, 3.05) is 7.11 Å². The minimum Gasteiger partial charge on any atom is -0.480 e. The van der Waals surface area contributed by atoms with Gasteiger partial charge in [-0.15, -0.1) is 10.2 Å². The number of aromatic nitrogens is 2. The number of methoxy groups -OCH3 is 1. The Morgan fingerprint density at radius 1 is 1.41 bits per heavy atom. The van der Waals surface area contributed by atoms with E-state index in [-0.39, 0.29) is 0 Å². The summed E-state index contributed by atoms with van der Waals surface area (Å²) in [5, 5.41) is 8.41. The summed E-state index contributed by atoms with van der Waals surface area (Å²) >= 11 is 0. The first kappa shape index (κ1) is 12.1. The van der Waals surface area contributed by atoms with Crippen molar-refractivity contribution < 1.29 is 4.74 Å². The van der Waals surface area contributed by atoms with Crippen LogP contribution in [0.4, 0.5) is 0 Å². The van der Waals surface area contributed by atoms with E-state index in [2.05, 4.69) is 36.2 Å². The lowest BCUT2D eigenvalue weighted by Gasteiger charge is -2.18. The van der Waals surface area contributed by atoms with Crippen molar-refractivity contribution in [1.29, 1.82) is 0 Å². The normalized spacial score (nSPS) is 19.9. The lowest BCUT2D eigenvalue weighted by molar-refractivity contribution is 0.386. The predicted octanol–water partition coefficient (Wildman–Crippen LogP) is 3.25. The maximum absolute atomic E-state index is 5.20. The maximum Gasteiger partial charge on any atom is 0.236 e. The summed E-state index contributed by atoms with van der Waals surface area (Å²) in [6.07, 6.45) is 6.76. The second-order valence-corrected chi connectivity index (χ2v) is 4.73. The monoisotopic (exact) mass is 232 g/mol. The van der Waals surface area contributed by atoms with Gasteiger partial charge in [-0.1, -0.05) is 19.9 Å². The van der Waals surface area contributed by atoms with Gasteiger partial charge < -0.3 is 4.74 Å². The third-order valence-electron chi connectivity index (χ3n) is 3.41. The summed E-state index contributed by atoms with van der Waals surface area (Å²) in [7, 11) is 1.64. The molecule has 0 spiro atoms. The Labute approximate surface area is 103 Å². The van der Waals surface area contributed by atoms with E-state index in [0.29, 0.717) is 5.88 Å². The van der Waals surface area contributed by atoms with Gasteiger partial charge in [0.05, 0.1) is 12.8 Å². The van der Waals surface area contributed by atoms with Gasteiger partial charge in [0.15, 0.2) is 0 Å². The Hall–Kier alpha value is -1.38. The van der Waals surface area contributed by atoms with Gasteiger partial charge in [0.2, 0.25) is 5.88 Å². The first-order valence-corrected chi connectivity index (χ1v) is 6.34. The zero-order valence-electron chi connectivity index (χ0n) is 10.9. The molecule has 0 saturated carbocycles. The number of rotatable bonds is 3.